The summed E-state index contributed by atoms with van der Waals surface area (Å²) in [7, 11) is 0. The zero-order chi connectivity index (χ0) is 17.7. The van der Waals surface area contributed by atoms with Crippen molar-refractivity contribution in [3.63, 3.8) is 0 Å². The first-order valence-corrected chi connectivity index (χ1v) is 9.31. The Balaban J connectivity index is 1.66. The van der Waals surface area contributed by atoms with Gasteiger partial charge in [-0.25, -0.2) is 0 Å². The third-order valence-electron chi connectivity index (χ3n) is 5.48. The molecule has 3 nitrogen and oxygen atoms in total. The van der Waals surface area contributed by atoms with Crippen LogP contribution in [-0.2, 0) is 6.54 Å². The molecule has 0 saturated heterocycles. The number of aromatic nitrogens is 1. The van der Waals surface area contributed by atoms with E-state index in [0.29, 0.717) is 5.92 Å². The topological polar surface area (TPSA) is 10.9 Å². The summed E-state index contributed by atoms with van der Waals surface area (Å²) in [5.41, 5.74) is 6.71. The van der Waals surface area contributed by atoms with Crippen LogP contribution in [0, 0.1) is 0 Å². The molecule has 0 saturated carbocycles. The molecular weight excluding hydrogens is 318 g/mol. The predicted molar refractivity (Wildman–Crippen MR) is 105 cm³/mol. The van der Waals surface area contributed by atoms with E-state index in [4.69, 9.17) is 0 Å². The maximum absolute atomic E-state index is 2.42. The maximum atomic E-state index is 2.42. The largest absolute Gasteiger partial charge is 0.391 e. The van der Waals surface area contributed by atoms with E-state index in [1.165, 1.54) is 28.2 Å². The first-order chi connectivity index (χ1) is 12.7. The molecule has 1 unspecified atom stereocenters. The van der Waals surface area contributed by atoms with Gasteiger partial charge in [0.1, 0.15) is 0 Å². The molecule has 0 fully saturated rings. The van der Waals surface area contributed by atoms with Crippen molar-refractivity contribution in [2.75, 3.05) is 0 Å². The van der Waals surface area contributed by atoms with E-state index in [9.17, 15) is 0 Å². The molecule has 5 rings (SSSR count). The normalized spacial score (nSPS) is 17.9. The summed E-state index contributed by atoms with van der Waals surface area (Å²) in [6.45, 7) is 5.50. The third kappa shape index (κ3) is 2.20. The molecule has 1 aromatic heterocycles. The molecule has 3 heteroatoms. The van der Waals surface area contributed by atoms with Crippen molar-refractivity contribution in [1.29, 1.82) is 0 Å². The lowest BCUT2D eigenvalue weighted by atomic mass is 10.0. The van der Waals surface area contributed by atoms with Gasteiger partial charge in [0.05, 0.1) is 5.56 Å². The van der Waals surface area contributed by atoms with Gasteiger partial charge in [-0.1, -0.05) is 50.2 Å². The summed E-state index contributed by atoms with van der Waals surface area (Å²) in [6.07, 6.45) is 6.89. The van der Waals surface area contributed by atoms with Crippen LogP contribution in [0.15, 0.2) is 66.9 Å². The molecule has 1 atom stereocenters. The minimum absolute atomic E-state index is 0.225. The standard InChI is InChI=1S/C23H23N3/c1-17(2)20-10-6-7-11-21(20)26-13-12-18-16-24-14-15-25(23(24)22(18)26)19-8-4-3-5-9-19/h3-15,17,23H,16H2,1-2H3/q+2. The Bertz CT molecular complexity index is 1040. The lowest BCUT2D eigenvalue weighted by Crippen LogP contribution is -2.19. The summed E-state index contributed by atoms with van der Waals surface area (Å²) in [5, 5.41) is 0. The van der Waals surface area contributed by atoms with Crippen molar-refractivity contribution in [1.82, 2.24) is 4.57 Å². The molecule has 3 aromatic rings. The Morgan fingerprint density at radius 3 is 2.50 bits per heavy atom. The zero-order valence-electron chi connectivity index (χ0n) is 15.2. The lowest BCUT2D eigenvalue weighted by molar-refractivity contribution is -0.739. The molecule has 0 spiro atoms. The fraction of sp³-hybridized carbons (Fsp3) is 0.217. The van der Waals surface area contributed by atoms with Gasteiger partial charge in [0.25, 0.3) is 0 Å². The zero-order valence-corrected chi connectivity index (χ0v) is 15.2. The molecule has 0 bridgehead atoms. The van der Waals surface area contributed by atoms with Crippen LogP contribution >= 0.6 is 0 Å². The summed E-state index contributed by atoms with van der Waals surface area (Å²) in [4.78, 5) is 0. The highest BCUT2D eigenvalue weighted by Crippen LogP contribution is 2.38. The first kappa shape index (κ1) is 15.3. The van der Waals surface area contributed by atoms with Gasteiger partial charge in [0.15, 0.2) is 12.2 Å². The van der Waals surface area contributed by atoms with E-state index in [-0.39, 0.29) is 6.17 Å². The van der Waals surface area contributed by atoms with Gasteiger partial charge in [-0.05, 0) is 23.6 Å². The molecule has 0 aliphatic carbocycles. The number of fused-ring (bicyclic) bond motifs is 3. The molecule has 2 aliphatic rings. The van der Waals surface area contributed by atoms with Crippen LogP contribution in [0.5, 0.6) is 0 Å². The molecule has 2 aliphatic heterocycles. The fourth-order valence-corrected chi connectivity index (χ4v) is 4.25. The second-order valence-electron chi connectivity index (χ2n) is 7.40. The summed E-state index contributed by atoms with van der Waals surface area (Å²) in [6, 6.07) is 21.7. The highest BCUT2D eigenvalue weighted by atomic mass is 15.3. The van der Waals surface area contributed by atoms with E-state index in [0.717, 1.165) is 6.54 Å². The molecule has 128 valence electrons. The highest BCUT2D eigenvalue weighted by molar-refractivity contribution is 6.12. The Labute approximate surface area is 154 Å². The van der Waals surface area contributed by atoms with Gasteiger partial charge < -0.3 is 4.57 Å². The summed E-state index contributed by atoms with van der Waals surface area (Å²) in [5.74, 6) is 0.494. The maximum Gasteiger partial charge on any atom is 0.391 e. The fourth-order valence-electron chi connectivity index (χ4n) is 4.25. The van der Waals surface area contributed by atoms with Gasteiger partial charge in [-0.15, -0.1) is 4.58 Å². The number of hydrogen-bond acceptors (Lipinski definition) is 0. The Morgan fingerprint density at radius 2 is 1.69 bits per heavy atom. The monoisotopic (exact) mass is 341 g/mol. The van der Waals surface area contributed by atoms with Crippen molar-refractivity contribution in [3.05, 3.63) is 83.7 Å². The number of para-hydroxylation sites is 2. The van der Waals surface area contributed by atoms with Gasteiger partial charge in [-0.2, -0.15) is 4.58 Å². The van der Waals surface area contributed by atoms with Gasteiger partial charge in [0, 0.05) is 24.0 Å². The third-order valence-corrected chi connectivity index (χ3v) is 5.48. The number of rotatable bonds is 3. The van der Waals surface area contributed by atoms with Crippen LogP contribution in [-0.4, -0.2) is 26.1 Å². The van der Waals surface area contributed by atoms with Crippen LogP contribution in [0.3, 0.4) is 0 Å². The molecule has 26 heavy (non-hydrogen) atoms. The van der Waals surface area contributed by atoms with Crippen molar-refractivity contribution >= 4 is 18.1 Å². The summed E-state index contributed by atoms with van der Waals surface area (Å²) < 4.78 is 7.20. The highest BCUT2D eigenvalue weighted by Gasteiger charge is 2.49. The van der Waals surface area contributed by atoms with E-state index in [1.807, 2.05) is 0 Å². The van der Waals surface area contributed by atoms with E-state index in [2.05, 4.69) is 107 Å². The molecule has 0 amide bonds. The smallest absolute Gasteiger partial charge is 0.308 e. The Morgan fingerprint density at radius 1 is 0.923 bits per heavy atom. The number of hydrogen-bond donors (Lipinski definition) is 0. The van der Waals surface area contributed by atoms with Crippen LogP contribution in [0.4, 0.5) is 5.69 Å². The predicted octanol–water partition coefficient (Wildman–Crippen LogP) is 4.62. The molecule has 3 heterocycles. The lowest BCUT2D eigenvalue weighted by Gasteiger charge is -2.16. The van der Waals surface area contributed by atoms with Crippen LogP contribution < -0.4 is 0 Å². The van der Waals surface area contributed by atoms with Crippen molar-refractivity contribution < 1.29 is 9.15 Å². The molecular formula is C23H23N3+2. The van der Waals surface area contributed by atoms with Crippen LogP contribution in [0.1, 0.15) is 42.8 Å². The quantitative estimate of drug-likeness (QED) is 0.616. The molecule has 0 N–H and O–H groups in total. The SMILES string of the molecule is CC(C)c1ccccc1-n1ccc2c1C1[N+](=CC=[N+]1c1ccccc1)C2. The second-order valence-corrected chi connectivity index (χ2v) is 7.40. The van der Waals surface area contributed by atoms with E-state index in [1.54, 1.807) is 0 Å². The molecule has 2 aromatic carbocycles. The van der Waals surface area contributed by atoms with E-state index < -0.39 is 0 Å². The average Bonchev–Trinajstić information content (AvgIpc) is 3.33. The van der Waals surface area contributed by atoms with Crippen LogP contribution in [0.25, 0.3) is 5.69 Å². The number of nitrogens with zero attached hydrogens (tertiary/aromatic N) is 3. The minimum atomic E-state index is 0.225. The Hall–Kier alpha value is -2.94. The Kier molecular flexibility index (Phi) is 3.42. The average molecular weight is 341 g/mol. The van der Waals surface area contributed by atoms with Gasteiger partial charge in [-0.3, -0.25) is 0 Å². The second kappa shape index (κ2) is 5.80. The van der Waals surface area contributed by atoms with Crippen LogP contribution in [0.2, 0.25) is 0 Å². The van der Waals surface area contributed by atoms with Crippen molar-refractivity contribution in [2.24, 2.45) is 0 Å². The molecule has 0 radical (unpaired) electrons. The van der Waals surface area contributed by atoms with Gasteiger partial charge in [0.2, 0.25) is 18.1 Å². The van der Waals surface area contributed by atoms with E-state index >= 15 is 0 Å². The minimum Gasteiger partial charge on any atom is -0.308 e. The number of benzene rings is 2. The van der Waals surface area contributed by atoms with Gasteiger partial charge >= 0.3 is 6.17 Å². The summed E-state index contributed by atoms with van der Waals surface area (Å²) >= 11 is 0. The van der Waals surface area contributed by atoms with Crippen molar-refractivity contribution in [2.45, 2.75) is 32.5 Å². The van der Waals surface area contributed by atoms with Crippen molar-refractivity contribution in [3.8, 4) is 5.69 Å². The first-order valence-electron chi connectivity index (χ1n) is 9.31.